The van der Waals surface area contributed by atoms with E-state index in [1.165, 1.54) is 12.1 Å². The summed E-state index contributed by atoms with van der Waals surface area (Å²) >= 11 is 23.6. The van der Waals surface area contributed by atoms with Gasteiger partial charge in [-0.25, -0.2) is 4.98 Å². The Kier molecular flexibility index (Phi) is 6.15. The molecule has 5 aromatic rings. The lowest BCUT2D eigenvalue weighted by molar-refractivity contribution is 0.0978. The number of oxazole rings is 1. The van der Waals surface area contributed by atoms with Gasteiger partial charge in [-0.05, 0) is 66.1 Å². The number of hydrogen-bond acceptors (Lipinski definition) is 4. The molecule has 0 saturated heterocycles. The molecule has 1 aromatic heterocycles. The molecule has 0 aliphatic rings. The van der Waals surface area contributed by atoms with Crippen molar-refractivity contribution in [3.05, 3.63) is 93.4 Å². The molecule has 0 radical (unpaired) electrons. The highest BCUT2D eigenvalue weighted by Crippen LogP contribution is 2.34. The Morgan fingerprint density at radius 1 is 0.882 bits per heavy atom. The predicted octanol–water partition coefficient (Wildman–Crippen LogP) is 7.74. The van der Waals surface area contributed by atoms with E-state index in [0.717, 1.165) is 16.3 Å². The summed E-state index contributed by atoms with van der Waals surface area (Å²) in [6.07, 6.45) is 0. The molecule has 1 heterocycles. The van der Waals surface area contributed by atoms with E-state index in [9.17, 15) is 4.79 Å². The normalized spacial score (nSPS) is 11.0. The molecule has 1 amide bonds. The van der Waals surface area contributed by atoms with Crippen LogP contribution in [0.1, 0.15) is 10.4 Å². The van der Waals surface area contributed by atoms with Crippen molar-refractivity contribution in [1.82, 2.24) is 10.3 Å². The van der Waals surface area contributed by atoms with Gasteiger partial charge in [0, 0.05) is 26.7 Å². The number of carbonyl (C=O) groups excluding carboxylic acids is 1. The third-order valence-corrected chi connectivity index (χ3v) is 6.23. The molecule has 0 fully saturated rings. The number of carbonyl (C=O) groups is 1. The number of hydrogen-bond donors (Lipinski definition) is 2. The molecule has 9 heteroatoms. The monoisotopic (exact) mass is 525 g/mol. The summed E-state index contributed by atoms with van der Waals surface area (Å²) in [7, 11) is 0. The van der Waals surface area contributed by atoms with Crippen molar-refractivity contribution in [2.24, 2.45) is 0 Å². The Hall–Kier alpha value is -3.16. The molecule has 0 aliphatic heterocycles. The lowest BCUT2D eigenvalue weighted by Gasteiger charge is -2.10. The topological polar surface area (TPSA) is 67.2 Å². The summed E-state index contributed by atoms with van der Waals surface area (Å²) in [5, 5.41) is 8.92. The molecular weight excluding hydrogens is 513 g/mol. The van der Waals surface area contributed by atoms with Crippen LogP contribution in [-0.2, 0) is 0 Å². The number of amides is 1. The summed E-state index contributed by atoms with van der Waals surface area (Å²) in [4.78, 5) is 17.1. The van der Waals surface area contributed by atoms with Crippen LogP contribution in [0.15, 0.2) is 77.2 Å². The SMILES string of the molecule is O=C(NC(=S)Nc1ccc2oc(-c3cccc4c(Cl)cccc34)nc2c1)c1ccc(Cl)cc1Cl. The quantitative estimate of drug-likeness (QED) is 0.235. The second-order valence-corrected chi connectivity index (χ2v) is 9.03. The van der Waals surface area contributed by atoms with Gasteiger partial charge in [0.05, 0.1) is 10.6 Å². The van der Waals surface area contributed by atoms with Crippen LogP contribution in [0.5, 0.6) is 0 Å². The minimum Gasteiger partial charge on any atom is -0.436 e. The number of thiocarbonyl (C=S) groups is 1. The zero-order valence-corrected chi connectivity index (χ0v) is 20.3. The minimum absolute atomic E-state index is 0.114. The Labute approximate surface area is 214 Å². The van der Waals surface area contributed by atoms with E-state index in [0.29, 0.717) is 32.7 Å². The van der Waals surface area contributed by atoms with Crippen LogP contribution in [0.4, 0.5) is 5.69 Å². The third-order valence-electron chi connectivity index (χ3n) is 5.15. The number of halogens is 3. The second kappa shape index (κ2) is 9.24. The van der Waals surface area contributed by atoms with E-state index in [-0.39, 0.29) is 15.7 Å². The van der Waals surface area contributed by atoms with E-state index in [4.69, 9.17) is 51.4 Å². The van der Waals surface area contributed by atoms with Gasteiger partial charge in [0.25, 0.3) is 5.91 Å². The van der Waals surface area contributed by atoms with Gasteiger partial charge < -0.3 is 9.73 Å². The van der Waals surface area contributed by atoms with Gasteiger partial charge in [-0.2, -0.15) is 0 Å². The van der Waals surface area contributed by atoms with Crippen molar-refractivity contribution in [2.75, 3.05) is 5.32 Å². The number of benzene rings is 4. The number of anilines is 1. The van der Waals surface area contributed by atoms with E-state index in [2.05, 4.69) is 15.6 Å². The number of aromatic nitrogens is 1. The average Bonchev–Trinajstić information content (AvgIpc) is 3.22. The summed E-state index contributed by atoms with van der Waals surface area (Å²) in [6.45, 7) is 0. The molecule has 0 unspecified atom stereocenters. The first kappa shape index (κ1) is 22.6. The minimum atomic E-state index is -0.446. The Morgan fingerprint density at radius 2 is 1.68 bits per heavy atom. The van der Waals surface area contributed by atoms with Crippen LogP contribution in [0.2, 0.25) is 15.1 Å². The second-order valence-electron chi connectivity index (χ2n) is 7.37. The predicted molar refractivity (Wildman–Crippen MR) is 142 cm³/mol. The number of nitrogens with zero attached hydrogens (tertiary/aromatic N) is 1. The van der Waals surface area contributed by atoms with Crippen LogP contribution < -0.4 is 10.6 Å². The maximum Gasteiger partial charge on any atom is 0.258 e. The largest absolute Gasteiger partial charge is 0.436 e. The van der Waals surface area contributed by atoms with Crippen molar-refractivity contribution in [2.45, 2.75) is 0 Å². The van der Waals surface area contributed by atoms with E-state index < -0.39 is 5.91 Å². The van der Waals surface area contributed by atoms with Gasteiger partial charge in [0.15, 0.2) is 10.7 Å². The Morgan fingerprint density at radius 3 is 2.50 bits per heavy atom. The Balaban J connectivity index is 1.38. The maximum atomic E-state index is 12.5. The number of nitrogens with one attached hydrogen (secondary N) is 2. The van der Waals surface area contributed by atoms with E-state index in [1.54, 1.807) is 24.3 Å². The molecule has 0 spiro atoms. The molecule has 4 aromatic carbocycles. The van der Waals surface area contributed by atoms with Gasteiger partial charge in [0.2, 0.25) is 5.89 Å². The zero-order chi connectivity index (χ0) is 23.8. The molecule has 5 rings (SSSR count). The highest BCUT2D eigenvalue weighted by Gasteiger charge is 2.15. The van der Waals surface area contributed by atoms with E-state index in [1.807, 2.05) is 36.4 Å². The summed E-state index contributed by atoms with van der Waals surface area (Å²) in [6, 6.07) is 21.5. The average molecular weight is 527 g/mol. The van der Waals surface area contributed by atoms with Crippen molar-refractivity contribution >= 4 is 85.6 Å². The molecule has 0 saturated carbocycles. The first-order chi connectivity index (χ1) is 16.4. The summed E-state index contributed by atoms with van der Waals surface area (Å²) in [5.74, 6) is 0.0341. The zero-order valence-electron chi connectivity index (χ0n) is 17.2. The molecule has 0 atom stereocenters. The summed E-state index contributed by atoms with van der Waals surface area (Å²) < 4.78 is 6.00. The fraction of sp³-hybridized carbons (Fsp3) is 0. The number of fused-ring (bicyclic) bond motifs is 2. The van der Waals surface area contributed by atoms with Crippen molar-refractivity contribution in [3.63, 3.8) is 0 Å². The van der Waals surface area contributed by atoms with Crippen LogP contribution >= 0.6 is 47.0 Å². The van der Waals surface area contributed by atoms with Gasteiger partial charge in [-0.1, -0.05) is 59.1 Å². The fourth-order valence-electron chi connectivity index (χ4n) is 3.58. The van der Waals surface area contributed by atoms with Crippen LogP contribution in [0, 0.1) is 0 Å². The maximum absolute atomic E-state index is 12.5. The number of rotatable bonds is 3. The van der Waals surface area contributed by atoms with Crippen molar-refractivity contribution in [3.8, 4) is 11.5 Å². The third kappa shape index (κ3) is 4.45. The molecule has 168 valence electrons. The molecule has 5 nitrogen and oxygen atoms in total. The first-order valence-corrected chi connectivity index (χ1v) is 11.6. The molecule has 0 bridgehead atoms. The van der Waals surface area contributed by atoms with Crippen molar-refractivity contribution < 1.29 is 9.21 Å². The Bertz CT molecular complexity index is 1600. The van der Waals surface area contributed by atoms with Crippen LogP contribution in [-0.4, -0.2) is 16.0 Å². The standard InChI is InChI=1S/C25H14Cl3N3O2S/c26-13-7-9-18(20(28)11-13)23(32)31-25(34)29-14-8-10-22-21(12-14)30-24(33-22)17-5-1-4-16-15(17)3-2-6-19(16)27/h1-12H,(H2,29,31,32,34). The van der Waals surface area contributed by atoms with Crippen LogP contribution in [0.3, 0.4) is 0 Å². The first-order valence-electron chi connectivity index (χ1n) is 10.0. The highest BCUT2D eigenvalue weighted by molar-refractivity contribution is 7.80. The molecule has 34 heavy (non-hydrogen) atoms. The van der Waals surface area contributed by atoms with Gasteiger partial charge >= 0.3 is 0 Å². The van der Waals surface area contributed by atoms with Gasteiger partial charge in [0.1, 0.15) is 5.52 Å². The lowest BCUT2D eigenvalue weighted by atomic mass is 10.0. The van der Waals surface area contributed by atoms with Gasteiger partial charge in [-0.3, -0.25) is 10.1 Å². The lowest BCUT2D eigenvalue weighted by Crippen LogP contribution is -2.34. The van der Waals surface area contributed by atoms with Crippen LogP contribution in [0.25, 0.3) is 33.3 Å². The molecular formula is C25H14Cl3N3O2S. The van der Waals surface area contributed by atoms with Crippen molar-refractivity contribution in [1.29, 1.82) is 0 Å². The molecule has 0 aliphatic carbocycles. The summed E-state index contributed by atoms with van der Waals surface area (Å²) in [5.41, 5.74) is 2.99. The highest BCUT2D eigenvalue weighted by atomic mass is 35.5. The van der Waals surface area contributed by atoms with Gasteiger partial charge in [-0.15, -0.1) is 0 Å². The fourth-order valence-corrected chi connectivity index (χ4v) is 4.53. The van der Waals surface area contributed by atoms with E-state index >= 15 is 0 Å². The molecule has 2 N–H and O–H groups in total. The smallest absolute Gasteiger partial charge is 0.258 e.